The fraction of sp³-hybridized carbons (Fsp3) is 0.417. The summed E-state index contributed by atoms with van der Waals surface area (Å²) >= 11 is 7.57. The molecule has 1 aromatic rings. The summed E-state index contributed by atoms with van der Waals surface area (Å²) in [5, 5.41) is 12.7. The van der Waals surface area contributed by atoms with E-state index in [1.165, 1.54) is 0 Å². The zero-order valence-corrected chi connectivity index (χ0v) is 11.2. The van der Waals surface area contributed by atoms with Crippen molar-refractivity contribution in [3.63, 3.8) is 0 Å². The molecular weight excluding hydrogens is 258 g/mol. The molecule has 0 aliphatic heterocycles. The second kappa shape index (κ2) is 7.45. The van der Waals surface area contributed by atoms with Crippen LogP contribution in [0.2, 0.25) is 5.02 Å². The van der Waals surface area contributed by atoms with E-state index >= 15 is 0 Å². The lowest BCUT2D eigenvalue weighted by Crippen LogP contribution is -2.29. The molecule has 0 saturated heterocycles. The number of benzene rings is 1. The molecule has 0 aromatic heterocycles. The molecule has 1 unspecified atom stereocenters. The maximum absolute atomic E-state index is 11.1. The molecule has 1 aromatic carbocycles. The Balaban J connectivity index is 2.57. The minimum Gasteiger partial charge on any atom is -0.480 e. The Morgan fingerprint density at radius 3 is 2.94 bits per heavy atom. The maximum atomic E-state index is 11.1. The fourth-order valence-corrected chi connectivity index (χ4v) is 2.11. The molecule has 0 aliphatic carbocycles. The Labute approximate surface area is 111 Å². The predicted molar refractivity (Wildman–Crippen MR) is 74.1 cm³/mol. The van der Waals surface area contributed by atoms with E-state index in [4.69, 9.17) is 16.7 Å². The molecule has 1 rings (SSSR count). The van der Waals surface area contributed by atoms with Gasteiger partial charge in [0.15, 0.2) is 0 Å². The van der Waals surface area contributed by atoms with Gasteiger partial charge in [0.2, 0.25) is 0 Å². The number of thioether (sulfide) groups is 1. The molecule has 1 atom stereocenters. The predicted octanol–water partition coefficient (Wildman–Crippen LogP) is 3.35. The lowest BCUT2D eigenvalue weighted by Gasteiger charge is -2.15. The Morgan fingerprint density at radius 1 is 1.59 bits per heavy atom. The number of hydrogen-bond donors (Lipinski definition) is 2. The van der Waals surface area contributed by atoms with E-state index in [-0.39, 0.29) is 0 Å². The SMILES string of the molecule is CSCCCC(Nc1cccc(Cl)c1)C(=O)O. The van der Waals surface area contributed by atoms with Crippen LogP contribution in [0.4, 0.5) is 5.69 Å². The van der Waals surface area contributed by atoms with Gasteiger partial charge in [-0.3, -0.25) is 0 Å². The summed E-state index contributed by atoms with van der Waals surface area (Å²) in [6.45, 7) is 0. The summed E-state index contributed by atoms with van der Waals surface area (Å²) in [6, 6.07) is 6.55. The molecule has 5 heteroatoms. The first kappa shape index (κ1) is 14.2. The number of carboxylic acids is 1. The van der Waals surface area contributed by atoms with E-state index in [1.54, 1.807) is 30.0 Å². The number of aliphatic carboxylic acids is 1. The first-order valence-electron chi connectivity index (χ1n) is 5.37. The molecule has 17 heavy (non-hydrogen) atoms. The number of nitrogens with one attached hydrogen (secondary N) is 1. The molecule has 0 spiro atoms. The Hall–Kier alpha value is -0.870. The van der Waals surface area contributed by atoms with Gasteiger partial charge in [-0.1, -0.05) is 17.7 Å². The van der Waals surface area contributed by atoms with Crippen LogP contribution < -0.4 is 5.32 Å². The molecule has 2 N–H and O–H groups in total. The first-order valence-corrected chi connectivity index (χ1v) is 7.14. The maximum Gasteiger partial charge on any atom is 0.326 e. The van der Waals surface area contributed by atoms with Gasteiger partial charge in [0.05, 0.1) is 0 Å². The van der Waals surface area contributed by atoms with Crippen LogP contribution in [0.15, 0.2) is 24.3 Å². The van der Waals surface area contributed by atoms with E-state index < -0.39 is 12.0 Å². The summed E-state index contributed by atoms with van der Waals surface area (Å²) in [4.78, 5) is 11.1. The van der Waals surface area contributed by atoms with Crippen LogP contribution in [-0.2, 0) is 4.79 Å². The van der Waals surface area contributed by atoms with E-state index in [1.807, 2.05) is 12.3 Å². The van der Waals surface area contributed by atoms with Gasteiger partial charge >= 0.3 is 5.97 Å². The highest BCUT2D eigenvalue weighted by atomic mass is 35.5. The third-order valence-electron chi connectivity index (χ3n) is 2.30. The quantitative estimate of drug-likeness (QED) is 0.748. The molecule has 0 radical (unpaired) electrons. The van der Waals surface area contributed by atoms with Gasteiger partial charge in [-0.05, 0) is 43.0 Å². The molecule has 0 bridgehead atoms. The average molecular weight is 274 g/mol. The van der Waals surface area contributed by atoms with E-state index in [0.29, 0.717) is 11.4 Å². The van der Waals surface area contributed by atoms with Crippen molar-refractivity contribution in [2.24, 2.45) is 0 Å². The Kier molecular flexibility index (Phi) is 6.22. The molecule has 0 saturated carbocycles. The minimum absolute atomic E-state index is 0.555. The fourth-order valence-electron chi connectivity index (χ4n) is 1.47. The first-order chi connectivity index (χ1) is 8.13. The number of carboxylic acid groups (broad SMARTS) is 1. The van der Waals surface area contributed by atoms with Crippen molar-refractivity contribution in [1.29, 1.82) is 0 Å². The largest absolute Gasteiger partial charge is 0.480 e. The van der Waals surface area contributed by atoms with Crippen molar-refractivity contribution in [1.82, 2.24) is 0 Å². The third kappa shape index (κ3) is 5.33. The van der Waals surface area contributed by atoms with Gasteiger partial charge < -0.3 is 10.4 Å². The summed E-state index contributed by atoms with van der Waals surface area (Å²) < 4.78 is 0. The van der Waals surface area contributed by atoms with Crippen LogP contribution in [-0.4, -0.2) is 29.1 Å². The average Bonchev–Trinajstić information content (AvgIpc) is 2.28. The highest BCUT2D eigenvalue weighted by Crippen LogP contribution is 2.17. The van der Waals surface area contributed by atoms with Crippen molar-refractivity contribution in [2.75, 3.05) is 17.3 Å². The van der Waals surface area contributed by atoms with Gasteiger partial charge in [-0.2, -0.15) is 11.8 Å². The number of carbonyl (C=O) groups is 1. The van der Waals surface area contributed by atoms with Gasteiger partial charge in [-0.25, -0.2) is 4.79 Å². The molecule has 0 heterocycles. The Morgan fingerprint density at radius 2 is 2.35 bits per heavy atom. The number of rotatable bonds is 7. The second-order valence-corrected chi connectivity index (χ2v) is 5.10. The van der Waals surface area contributed by atoms with Gasteiger partial charge in [0.25, 0.3) is 0 Å². The van der Waals surface area contributed by atoms with Crippen molar-refractivity contribution in [3.8, 4) is 0 Å². The Bertz CT molecular complexity index is 373. The van der Waals surface area contributed by atoms with Crippen LogP contribution in [0.25, 0.3) is 0 Å². The lowest BCUT2D eigenvalue weighted by molar-refractivity contribution is -0.138. The van der Waals surface area contributed by atoms with Crippen molar-refractivity contribution >= 4 is 35.0 Å². The van der Waals surface area contributed by atoms with Crippen LogP contribution in [0.1, 0.15) is 12.8 Å². The smallest absolute Gasteiger partial charge is 0.326 e. The zero-order valence-electron chi connectivity index (χ0n) is 9.65. The van der Waals surface area contributed by atoms with Gasteiger partial charge in [0, 0.05) is 10.7 Å². The summed E-state index contributed by atoms with van der Waals surface area (Å²) in [6.07, 6.45) is 3.51. The van der Waals surface area contributed by atoms with E-state index in [2.05, 4.69) is 5.32 Å². The van der Waals surface area contributed by atoms with Gasteiger partial charge in [0.1, 0.15) is 6.04 Å². The summed E-state index contributed by atoms with van der Waals surface area (Å²) in [5.74, 6) is 0.146. The molecular formula is C12H16ClNO2S. The standard InChI is InChI=1S/C12H16ClNO2S/c1-17-7-3-6-11(12(15)16)14-10-5-2-4-9(13)8-10/h2,4-5,8,11,14H,3,6-7H2,1H3,(H,15,16). The highest BCUT2D eigenvalue weighted by Gasteiger charge is 2.16. The molecule has 0 amide bonds. The third-order valence-corrected chi connectivity index (χ3v) is 3.24. The van der Waals surface area contributed by atoms with E-state index in [9.17, 15) is 4.79 Å². The zero-order chi connectivity index (χ0) is 12.7. The monoisotopic (exact) mass is 273 g/mol. The summed E-state index contributed by atoms with van der Waals surface area (Å²) in [7, 11) is 0. The van der Waals surface area contributed by atoms with Crippen LogP contribution >= 0.6 is 23.4 Å². The molecule has 0 aliphatic rings. The lowest BCUT2D eigenvalue weighted by atomic mass is 10.1. The molecule has 3 nitrogen and oxygen atoms in total. The highest BCUT2D eigenvalue weighted by molar-refractivity contribution is 7.98. The summed E-state index contributed by atoms with van der Waals surface area (Å²) in [5.41, 5.74) is 0.744. The van der Waals surface area contributed by atoms with Crippen molar-refractivity contribution in [2.45, 2.75) is 18.9 Å². The normalized spacial score (nSPS) is 12.1. The molecule has 0 fully saturated rings. The van der Waals surface area contributed by atoms with Crippen LogP contribution in [0, 0.1) is 0 Å². The molecule has 94 valence electrons. The topological polar surface area (TPSA) is 49.3 Å². The van der Waals surface area contributed by atoms with Crippen LogP contribution in [0.3, 0.4) is 0 Å². The van der Waals surface area contributed by atoms with Crippen LogP contribution in [0.5, 0.6) is 0 Å². The van der Waals surface area contributed by atoms with Crippen molar-refractivity contribution in [3.05, 3.63) is 29.3 Å². The number of hydrogen-bond acceptors (Lipinski definition) is 3. The van der Waals surface area contributed by atoms with Gasteiger partial charge in [-0.15, -0.1) is 0 Å². The van der Waals surface area contributed by atoms with Crippen molar-refractivity contribution < 1.29 is 9.90 Å². The van der Waals surface area contributed by atoms with E-state index in [0.717, 1.165) is 17.9 Å². The number of halogens is 1. The number of anilines is 1. The second-order valence-electron chi connectivity index (χ2n) is 3.68. The minimum atomic E-state index is -0.828.